The molecule has 0 aromatic heterocycles. The molecular weight excluding hydrogens is 152 g/mol. The molecule has 70 valence electrons. The van der Waals surface area contributed by atoms with Gasteiger partial charge in [0.05, 0.1) is 6.10 Å². The molecule has 2 heteroatoms. The fourth-order valence-electron chi connectivity index (χ4n) is 0.995. The van der Waals surface area contributed by atoms with Gasteiger partial charge in [-0.2, -0.15) is 0 Å². The second-order valence-electron chi connectivity index (χ2n) is 3.01. The lowest BCUT2D eigenvalue weighted by Gasteiger charge is -2.09. The molecule has 0 aromatic rings. The summed E-state index contributed by atoms with van der Waals surface area (Å²) in [6.07, 6.45) is 5.62. The smallest absolute Gasteiger partial charge is 0.123 e. The number of allylic oxidation sites excluding steroid dienone is 1. The molecule has 0 heterocycles. The minimum Gasteiger partial charge on any atom is -0.389 e. The standard InChI is InChI=1S/C10H18O2/c1-3-4-7-10(12)9(2)6-5-8-11/h6,8,10,12H,3-5,7H2,1-2H3/b9-6+. The first-order valence-corrected chi connectivity index (χ1v) is 4.50. The van der Waals surface area contributed by atoms with Crippen LogP contribution < -0.4 is 0 Å². The second-order valence-corrected chi connectivity index (χ2v) is 3.01. The first kappa shape index (κ1) is 11.4. The molecule has 2 nitrogen and oxygen atoms in total. The lowest BCUT2D eigenvalue weighted by Crippen LogP contribution is -2.07. The number of carbonyl (C=O) groups is 1. The molecule has 0 aliphatic heterocycles. The van der Waals surface area contributed by atoms with Crippen LogP contribution in [0.2, 0.25) is 0 Å². The molecule has 1 atom stereocenters. The third kappa shape index (κ3) is 5.08. The molecule has 1 unspecified atom stereocenters. The van der Waals surface area contributed by atoms with Crippen LogP contribution in [-0.4, -0.2) is 17.5 Å². The van der Waals surface area contributed by atoms with Crippen molar-refractivity contribution < 1.29 is 9.90 Å². The Morgan fingerprint density at radius 2 is 2.25 bits per heavy atom. The van der Waals surface area contributed by atoms with Gasteiger partial charge < -0.3 is 9.90 Å². The normalized spacial score (nSPS) is 14.4. The van der Waals surface area contributed by atoms with Crippen molar-refractivity contribution in [1.29, 1.82) is 0 Å². The van der Waals surface area contributed by atoms with Crippen LogP contribution in [0, 0.1) is 0 Å². The third-order valence-corrected chi connectivity index (χ3v) is 1.89. The van der Waals surface area contributed by atoms with Gasteiger partial charge in [0.25, 0.3) is 0 Å². The van der Waals surface area contributed by atoms with Gasteiger partial charge in [-0.3, -0.25) is 0 Å². The summed E-state index contributed by atoms with van der Waals surface area (Å²) in [6.45, 7) is 3.96. The Balaban J connectivity index is 3.73. The van der Waals surface area contributed by atoms with Crippen molar-refractivity contribution in [3.8, 4) is 0 Å². The van der Waals surface area contributed by atoms with E-state index in [1.165, 1.54) is 0 Å². The summed E-state index contributed by atoms with van der Waals surface area (Å²) in [4.78, 5) is 10.0. The van der Waals surface area contributed by atoms with E-state index in [9.17, 15) is 9.90 Å². The Morgan fingerprint density at radius 1 is 1.58 bits per heavy atom. The molecule has 0 aliphatic carbocycles. The minimum absolute atomic E-state index is 0.357. The summed E-state index contributed by atoms with van der Waals surface area (Å²) in [5, 5.41) is 9.49. The van der Waals surface area contributed by atoms with E-state index < -0.39 is 0 Å². The second kappa shape index (κ2) is 7.04. The summed E-state index contributed by atoms with van der Waals surface area (Å²) >= 11 is 0. The van der Waals surface area contributed by atoms with E-state index >= 15 is 0 Å². The van der Waals surface area contributed by atoms with Gasteiger partial charge in [-0.15, -0.1) is 0 Å². The summed E-state index contributed by atoms with van der Waals surface area (Å²) in [7, 11) is 0. The highest BCUT2D eigenvalue weighted by Gasteiger charge is 2.03. The zero-order valence-electron chi connectivity index (χ0n) is 7.92. The number of hydrogen-bond acceptors (Lipinski definition) is 2. The summed E-state index contributed by atoms with van der Waals surface area (Å²) in [5.74, 6) is 0. The molecule has 0 aliphatic rings. The van der Waals surface area contributed by atoms with Crippen molar-refractivity contribution in [3.05, 3.63) is 11.6 Å². The number of aliphatic hydroxyl groups is 1. The van der Waals surface area contributed by atoms with E-state index in [4.69, 9.17) is 0 Å². The fraction of sp³-hybridized carbons (Fsp3) is 0.700. The highest BCUT2D eigenvalue weighted by molar-refractivity contribution is 5.52. The predicted molar refractivity (Wildman–Crippen MR) is 50.0 cm³/mol. The molecule has 0 bridgehead atoms. The first-order chi connectivity index (χ1) is 5.72. The van der Waals surface area contributed by atoms with E-state index in [0.29, 0.717) is 6.42 Å². The summed E-state index contributed by atoms with van der Waals surface area (Å²) in [6, 6.07) is 0. The Hall–Kier alpha value is -0.630. The molecule has 0 amide bonds. The van der Waals surface area contributed by atoms with Crippen molar-refractivity contribution in [2.75, 3.05) is 0 Å². The molecule has 12 heavy (non-hydrogen) atoms. The Morgan fingerprint density at radius 3 is 2.75 bits per heavy atom. The Kier molecular flexibility index (Phi) is 6.67. The largest absolute Gasteiger partial charge is 0.389 e. The zero-order chi connectivity index (χ0) is 9.40. The van der Waals surface area contributed by atoms with Crippen LogP contribution in [0.25, 0.3) is 0 Å². The highest BCUT2D eigenvalue weighted by atomic mass is 16.3. The number of rotatable bonds is 6. The molecular formula is C10H18O2. The van der Waals surface area contributed by atoms with Crippen molar-refractivity contribution in [1.82, 2.24) is 0 Å². The Labute approximate surface area is 74.3 Å². The van der Waals surface area contributed by atoms with Gasteiger partial charge in [-0.25, -0.2) is 0 Å². The minimum atomic E-state index is -0.357. The maximum Gasteiger partial charge on any atom is 0.123 e. The van der Waals surface area contributed by atoms with Crippen molar-refractivity contribution in [2.24, 2.45) is 0 Å². The molecule has 0 spiro atoms. The maximum atomic E-state index is 10.0. The van der Waals surface area contributed by atoms with Crippen LogP contribution in [0.5, 0.6) is 0 Å². The van der Waals surface area contributed by atoms with Crippen LogP contribution in [-0.2, 0) is 4.79 Å². The van der Waals surface area contributed by atoms with Crippen LogP contribution >= 0.6 is 0 Å². The average Bonchev–Trinajstić information content (AvgIpc) is 2.10. The topological polar surface area (TPSA) is 37.3 Å². The number of unbranched alkanes of at least 4 members (excludes halogenated alkanes) is 1. The molecule has 0 saturated heterocycles. The Bertz CT molecular complexity index is 150. The highest BCUT2D eigenvalue weighted by Crippen LogP contribution is 2.09. The van der Waals surface area contributed by atoms with E-state index in [0.717, 1.165) is 31.1 Å². The molecule has 0 aromatic carbocycles. The fourth-order valence-corrected chi connectivity index (χ4v) is 0.995. The van der Waals surface area contributed by atoms with Crippen molar-refractivity contribution >= 4 is 6.29 Å². The molecule has 0 saturated carbocycles. The van der Waals surface area contributed by atoms with Crippen LogP contribution in [0.15, 0.2) is 11.6 Å². The van der Waals surface area contributed by atoms with Gasteiger partial charge in [0, 0.05) is 6.42 Å². The molecule has 1 N–H and O–H groups in total. The van der Waals surface area contributed by atoms with Gasteiger partial charge in [-0.1, -0.05) is 25.8 Å². The van der Waals surface area contributed by atoms with Gasteiger partial charge in [0.2, 0.25) is 0 Å². The molecule has 0 radical (unpaired) electrons. The van der Waals surface area contributed by atoms with Crippen LogP contribution in [0.1, 0.15) is 39.5 Å². The van der Waals surface area contributed by atoms with Crippen molar-refractivity contribution in [3.63, 3.8) is 0 Å². The number of hydrogen-bond donors (Lipinski definition) is 1. The van der Waals surface area contributed by atoms with Gasteiger partial charge >= 0.3 is 0 Å². The third-order valence-electron chi connectivity index (χ3n) is 1.89. The number of carbonyl (C=O) groups excluding carboxylic acids is 1. The van der Waals surface area contributed by atoms with E-state index in [2.05, 4.69) is 6.92 Å². The van der Waals surface area contributed by atoms with E-state index in [1.807, 2.05) is 6.92 Å². The van der Waals surface area contributed by atoms with Gasteiger partial charge in [0.15, 0.2) is 0 Å². The predicted octanol–water partition coefficient (Wildman–Crippen LogP) is 2.07. The summed E-state index contributed by atoms with van der Waals surface area (Å²) in [5.41, 5.74) is 0.913. The molecule has 0 fully saturated rings. The zero-order valence-corrected chi connectivity index (χ0v) is 7.92. The quantitative estimate of drug-likeness (QED) is 0.489. The van der Waals surface area contributed by atoms with Crippen molar-refractivity contribution in [2.45, 2.75) is 45.6 Å². The first-order valence-electron chi connectivity index (χ1n) is 4.50. The lowest BCUT2D eigenvalue weighted by molar-refractivity contribution is -0.107. The van der Waals surface area contributed by atoms with E-state index in [1.54, 1.807) is 6.08 Å². The van der Waals surface area contributed by atoms with E-state index in [-0.39, 0.29) is 6.10 Å². The lowest BCUT2D eigenvalue weighted by atomic mass is 10.0. The summed E-state index contributed by atoms with van der Waals surface area (Å²) < 4.78 is 0. The SMILES string of the molecule is CCCCC(O)/C(C)=C/CC=O. The van der Waals surface area contributed by atoms with Gasteiger partial charge in [0.1, 0.15) is 6.29 Å². The molecule has 0 rings (SSSR count). The monoisotopic (exact) mass is 170 g/mol. The number of aliphatic hydroxyl groups excluding tert-OH is 1. The van der Waals surface area contributed by atoms with Crippen LogP contribution in [0.4, 0.5) is 0 Å². The van der Waals surface area contributed by atoms with Gasteiger partial charge in [-0.05, 0) is 18.9 Å². The van der Waals surface area contributed by atoms with Crippen LogP contribution in [0.3, 0.4) is 0 Å². The average molecular weight is 170 g/mol. The number of aldehydes is 1. The maximum absolute atomic E-state index is 10.0.